The lowest BCUT2D eigenvalue weighted by molar-refractivity contribution is -0.906. The average Bonchev–Trinajstić information content (AvgIpc) is 2.67. The number of carbonyl (C=O) groups excluding carboxylic acids is 1. The predicted molar refractivity (Wildman–Crippen MR) is 126 cm³/mol. The maximum atomic E-state index is 12.3. The highest BCUT2D eigenvalue weighted by Crippen LogP contribution is 2.19. The van der Waals surface area contributed by atoms with E-state index < -0.39 is 0 Å². The number of ketones is 1. The van der Waals surface area contributed by atoms with E-state index in [9.17, 15) is 4.79 Å². The Kier molecular flexibility index (Phi) is 18.0. The SMILES string of the molecule is C=CC(=O)C(CCCCCCCCCCCCCCCCC)[N+](C)(C)CCC. The highest BCUT2D eigenvalue weighted by atomic mass is 16.1. The highest BCUT2D eigenvalue weighted by Gasteiger charge is 2.31. The minimum atomic E-state index is 0.0967. The Morgan fingerprint density at radius 2 is 1.11 bits per heavy atom. The molecule has 0 N–H and O–H groups in total. The fourth-order valence-corrected chi connectivity index (χ4v) is 4.41. The summed E-state index contributed by atoms with van der Waals surface area (Å²) in [5, 5.41) is 0. The Balaban J connectivity index is 3.61. The molecule has 0 spiro atoms. The monoisotopic (exact) mass is 394 g/mol. The number of hydrogen-bond donors (Lipinski definition) is 0. The highest BCUT2D eigenvalue weighted by molar-refractivity contribution is 5.92. The van der Waals surface area contributed by atoms with Crippen LogP contribution in [0.5, 0.6) is 0 Å². The van der Waals surface area contributed by atoms with Crippen molar-refractivity contribution in [1.29, 1.82) is 0 Å². The molecule has 0 saturated carbocycles. The number of likely N-dealkylation sites (N-methyl/N-ethyl adjacent to an activating group) is 1. The third-order valence-corrected chi connectivity index (χ3v) is 6.25. The van der Waals surface area contributed by atoms with E-state index in [1.165, 1.54) is 102 Å². The third kappa shape index (κ3) is 14.4. The summed E-state index contributed by atoms with van der Waals surface area (Å²) in [6.45, 7) is 9.26. The van der Waals surface area contributed by atoms with E-state index in [1.807, 2.05) is 0 Å². The molecule has 0 aliphatic heterocycles. The minimum absolute atomic E-state index is 0.0967. The second-order valence-corrected chi connectivity index (χ2v) is 9.36. The molecule has 0 bridgehead atoms. The van der Waals surface area contributed by atoms with Gasteiger partial charge in [0.2, 0.25) is 5.78 Å². The summed E-state index contributed by atoms with van der Waals surface area (Å²) >= 11 is 0. The van der Waals surface area contributed by atoms with Crippen LogP contribution in [0.25, 0.3) is 0 Å². The lowest BCUT2D eigenvalue weighted by Gasteiger charge is -2.36. The molecule has 0 aromatic rings. The summed E-state index contributed by atoms with van der Waals surface area (Å²) in [5.74, 6) is 0.226. The van der Waals surface area contributed by atoms with Crippen molar-refractivity contribution in [3.63, 3.8) is 0 Å². The Morgan fingerprint density at radius 1 is 0.714 bits per heavy atom. The molecular weight excluding hydrogens is 342 g/mol. The fourth-order valence-electron chi connectivity index (χ4n) is 4.41. The lowest BCUT2D eigenvalue weighted by Crippen LogP contribution is -2.52. The summed E-state index contributed by atoms with van der Waals surface area (Å²) in [7, 11) is 4.39. The average molecular weight is 395 g/mol. The van der Waals surface area contributed by atoms with Crippen molar-refractivity contribution in [2.75, 3.05) is 20.6 Å². The first-order chi connectivity index (χ1) is 13.5. The van der Waals surface area contributed by atoms with Crippen LogP contribution >= 0.6 is 0 Å². The number of quaternary nitrogens is 1. The molecule has 0 radical (unpaired) electrons. The van der Waals surface area contributed by atoms with Gasteiger partial charge >= 0.3 is 0 Å². The summed E-state index contributed by atoms with van der Waals surface area (Å²) in [6, 6.07) is 0.0967. The zero-order valence-corrected chi connectivity index (χ0v) is 19.9. The van der Waals surface area contributed by atoms with Crippen LogP contribution < -0.4 is 0 Å². The van der Waals surface area contributed by atoms with Gasteiger partial charge < -0.3 is 4.48 Å². The molecule has 166 valence electrons. The molecule has 0 aromatic heterocycles. The zero-order valence-electron chi connectivity index (χ0n) is 19.9. The summed E-state index contributed by atoms with van der Waals surface area (Å²) in [5.41, 5.74) is 0. The minimum Gasteiger partial charge on any atom is -0.320 e. The largest absolute Gasteiger partial charge is 0.320 e. The standard InChI is InChI=1S/C26H52NO/c1-6-9-10-11-12-13-14-15-16-17-18-19-20-21-22-23-25(26(28)8-3)27(4,5)24-7-2/h8,25H,3,6-7,9-24H2,1-2,4-5H3/q+1. The van der Waals surface area contributed by atoms with Gasteiger partial charge in [-0.1, -0.05) is 110 Å². The van der Waals surface area contributed by atoms with Gasteiger partial charge in [-0.05, 0) is 18.9 Å². The number of hydrogen-bond acceptors (Lipinski definition) is 1. The van der Waals surface area contributed by atoms with Crippen molar-refractivity contribution in [3.8, 4) is 0 Å². The van der Waals surface area contributed by atoms with Gasteiger partial charge in [-0.25, -0.2) is 0 Å². The summed E-state index contributed by atoms with van der Waals surface area (Å²) < 4.78 is 0.806. The Hall–Kier alpha value is -0.630. The van der Waals surface area contributed by atoms with Crippen LogP contribution in [-0.4, -0.2) is 36.9 Å². The van der Waals surface area contributed by atoms with E-state index >= 15 is 0 Å². The van der Waals surface area contributed by atoms with Crippen LogP contribution in [0.1, 0.15) is 123 Å². The van der Waals surface area contributed by atoms with Crippen LogP contribution in [0, 0.1) is 0 Å². The quantitative estimate of drug-likeness (QED) is 0.110. The predicted octanol–water partition coefficient (Wildman–Crippen LogP) is 7.86. The Morgan fingerprint density at radius 3 is 1.46 bits per heavy atom. The first-order valence-corrected chi connectivity index (χ1v) is 12.5. The molecule has 0 fully saturated rings. The molecule has 0 aromatic carbocycles. The van der Waals surface area contributed by atoms with Crippen LogP contribution in [-0.2, 0) is 4.79 Å². The molecule has 1 atom stereocenters. The second-order valence-electron chi connectivity index (χ2n) is 9.36. The first kappa shape index (κ1) is 27.4. The molecule has 28 heavy (non-hydrogen) atoms. The van der Waals surface area contributed by atoms with E-state index in [0.29, 0.717) is 0 Å². The van der Waals surface area contributed by atoms with Crippen molar-refractivity contribution >= 4 is 5.78 Å². The molecule has 0 aliphatic carbocycles. The van der Waals surface area contributed by atoms with Gasteiger partial charge in [0.15, 0.2) is 6.04 Å². The normalized spacial score (nSPS) is 12.9. The van der Waals surface area contributed by atoms with Crippen LogP contribution in [0.4, 0.5) is 0 Å². The van der Waals surface area contributed by atoms with Crippen molar-refractivity contribution in [2.24, 2.45) is 0 Å². The molecule has 0 aliphatic rings. The molecule has 2 heteroatoms. The van der Waals surface area contributed by atoms with Crippen molar-refractivity contribution in [2.45, 2.75) is 129 Å². The molecule has 0 amide bonds. The number of unbranched alkanes of at least 4 members (excludes halogenated alkanes) is 14. The topological polar surface area (TPSA) is 17.1 Å². The maximum absolute atomic E-state index is 12.3. The van der Waals surface area contributed by atoms with E-state index in [-0.39, 0.29) is 11.8 Å². The van der Waals surface area contributed by atoms with E-state index in [1.54, 1.807) is 0 Å². The van der Waals surface area contributed by atoms with Gasteiger partial charge in [0.1, 0.15) is 0 Å². The van der Waals surface area contributed by atoms with Gasteiger partial charge in [-0.2, -0.15) is 0 Å². The Labute approximate surface area is 177 Å². The molecule has 1 unspecified atom stereocenters. The molecule has 0 saturated heterocycles. The fraction of sp³-hybridized carbons (Fsp3) is 0.885. The lowest BCUT2D eigenvalue weighted by atomic mass is 9.99. The maximum Gasteiger partial charge on any atom is 0.212 e. The van der Waals surface area contributed by atoms with E-state index in [0.717, 1.165) is 23.9 Å². The van der Waals surface area contributed by atoms with Gasteiger partial charge in [0.25, 0.3) is 0 Å². The third-order valence-electron chi connectivity index (χ3n) is 6.25. The molecular formula is C26H52NO+. The van der Waals surface area contributed by atoms with E-state index in [2.05, 4.69) is 34.5 Å². The molecule has 0 heterocycles. The van der Waals surface area contributed by atoms with Gasteiger partial charge in [0.05, 0.1) is 20.6 Å². The van der Waals surface area contributed by atoms with Gasteiger partial charge in [0, 0.05) is 6.42 Å². The second kappa shape index (κ2) is 18.4. The first-order valence-electron chi connectivity index (χ1n) is 12.5. The smallest absolute Gasteiger partial charge is 0.212 e. The number of carbonyl (C=O) groups is 1. The summed E-state index contributed by atoms with van der Waals surface area (Å²) in [6.07, 6.45) is 24.4. The van der Waals surface area contributed by atoms with Crippen LogP contribution in [0.2, 0.25) is 0 Å². The molecule has 2 nitrogen and oxygen atoms in total. The number of nitrogens with zero attached hydrogens (tertiary/aromatic N) is 1. The number of rotatable bonds is 21. The van der Waals surface area contributed by atoms with Gasteiger partial charge in [-0.3, -0.25) is 4.79 Å². The van der Waals surface area contributed by atoms with Crippen molar-refractivity contribution < 1.29 is 9.28 Å². The van der Waals surface area contributed by atoms with Gasteiger partial charge in [-0.15, -0.1) is 0 Å². The van der Waals surface area contributed by atoms with E-state index in [4.69, 9.17) is 0 Å². The zero-order chi connectivity index (χ0) is 21.1. The van der Waals surface area contributed by atoms with Crippen LogP contribution in [0.3, 0.4) is 0 Å². The summed E-state index contributed by atoms with van der Waals surface area (Å²) in [4.78, 5) is 12.3. The van der Waals surface area contributed by atoms with Crippen molar-refractivity contribution in [1.82, 2.24) is 0 Å². The molecule has 0 rings (SSSR count). The van der Waals surface area contributed by atoms with Crippen LogP contribution in [0.15, 0.2) is 12.7 Å². The Bertz CT molecular complexity index is 375. The van der Waals surface area contributed by atoms with Crippen molar-refractivity contribution in [3.05, 3.63) is 12.7 Å².